The third-order valence-corrected chi connectivity index (χ3v) is 10.9. The maximum atomic E-state index is 13.3. The van der Waals surface area contributed by atoms with E-state index in [1.165, 1.54) is 9.58 Å². The molecule has 1 aromatic heterocycles. The average Bonchev–Trinajstić information content (AvgIpc) is 3.21. The molecule has 35 heavy (non-hydrogen) atoms. The van der Waals surface area contributed by atoms with Gasteiger partial charge in [0.2, 0.25) is 8.32 Å². The average molecular weight is 492 g/mol. The van der Waals surface area contributed by atoms with Crippen molar-refractivity contribution < 1.29 is 18.8 Å². The number of ether oxygens (including phenoxy) is 1. The molecule has 0 bridgehead atoms. The Balaban J connectivity index is 1.86. The summed E-state index contributed by atoms with van der Waals surface area (Å²) in [4.78, 5) is 27.9. The van der Waals surface area contributed by atoms with Crippen LogP contribution in [-0.4, -0.2) is 35.7 Å². The largest absolute Gasteiger partial charge is 0.543 e. The number of hydrogen-bond donors (Lipinski definition) is 0. The molecule has 2 aromatic carbocycles. The summed E-state index contributed by atoms with van der Waals surface area (Å²) in [6, 6.07) is 12.8. The molecule has 0 saturated heterocycles. The standard InChI is InChI=1S/C27H33N3O4Si/c1-17-19-12-10-11-13-20(19)24(31)29(17)23-21-15-14-18(34-35(8,9)27(5,6)7)16-22(21)30(28-23)25(32)33-26(2,3)4/h10-16H,1H2,2-9H3. The van der Waals surface area contributed by atoms with Gasteiger partial charge < -0.3 is 9.16 Å². The smallest absolute Gasteiger partial charge is 0.435 e. The molecular weight excluding hydrogens is 458 g/mol. The van der Waals surface area contributed by atoms with Crippen molar-refractivity contribution in [1.29, 1.82) is 0 Å². The minimum atomic E-state index is -2.12. The van der Waals surface area contributed by atoms with Gasteiger partial charge in [-0.15, -0.1) is 5.10 Å². The highest BCUT2D eigenvalue weighted by molar-refractivity contribution is 6.74. The zero-order chi connectivity index (χ0) is 25.9. The van der Waals surface area contributed by atoms with Gasteiger partial charge in [-0.2, -0.15) is 4.68 Å². The summed E-state index contributed by atoms with van der Waals surface area (Å²) in [6.45, 7) is 20.4. The molecule has 0 atom stereocenters. The minimum Gasteiger partial charge on any atom is -0.543 e. The van der Waals surface area contributed by atoms with Crippen LogP contribution in [0.1, 0.15) is 57.5 Å². The number of carbonyl (C=O) groups is 2. The zero-order valence-corrected chi connectivity index (χ0v) is 22.7. The first-order valence-corrected chi connectivity index (χ1v) is 14.6. The van der Waals surface area contributed by atoms with E-state index in [0.29, 0.717) is 33.7 Å². The Bertz CT molecular complexity index is 1320. The second-order valence-electron chi connectivity index (χ2n) is 11.4. The van der Waals surface area contributed by atoms with Crippen LogP contribution in [0.4, 0.5) is 10.6 Å². The topological polar surface area (TPSA) is 73.7 Å². The van der Waals surface area contributed by atoms with Crippen molar-refractivity contribution in [3.8, 4) is 5.75 Å². The lowest BCUT2D eigenvalue weighted by atomic mass is 10.1. The van der Waals surface area contributed by atoms with Gasteiger partial charge in [-0.1, -0.05) is 45.5 Å². The molecule has 1 aliphatic rings. The van der Waals surface area contributed by atoms with Crippen molar-refractivity contribution in [2.24, 2.45) is 0 Å². The van der Waals surface area contributed by atoms with Crippen molar-refractivity contribution in [1.82, 2.24) is 9.78 Å². The van der Waals surface area contributed by atoms with Crippen LogP contribution in [0.2, 0.25) is 18.1 Å². The SMILES string of the molecule is C=C1c2ccccc2C(=O)N1c1nn(C(=O)OC(C)(C)C)c2cc(O[Si](C)(C)C(C)(C)C)ccc12. The van der Waals surface area contributed by atoms with Gasteiger partial charge in [0.05, 0.1) is 11.2 Å². The van der Waals surface area contributed by atoms with Gasteiger partial charge in [0, 0.05) is 22.6 Å². The van der Waals surface area contributed by atoms with Gasteiger partial charge in [0.1, 0.15) is 11.4 Å². The Morgan fingerprint density at radius 2 is 1.63 bits per heavy atom. The minimum absolute atomic E-state index is 0.00398. The summed E-state index contributed by atoms with van der Waals surface area (Å²) in [5, 5.41) is 5.20. The van der Waals surface area contributed by atoms with Gasteiger partial charge >= 0.3 is 6.09 Å². The highest BCUT2D eigenvalue weighted by Gasteiger charge is 2.40. The van der Waals surface area contributed by atoms with E-state index in [1.54, 1.807) is 32.9 Å². The number of anilines is 1. The summed E-state index contributed by atoms with van der Waals surface area (Å²) in [5.41, 5.74) is 1.60. The number of fused-ring (bicyclic) bond motifs is 2. The Morgan fingerprint density at radius 1 is 1.00 bits per heavy atom. The van der Waals surface area contributed by atoms with Gasteiger partial charge in [-0.25, -0.2) is 4.79 Å². The molecule has 2 heterocycles. The molecule has 0 fully saturated rings. The molecule has 4 rings (SSSR count). The van der Waals surface area contributed by atoms with E-state index >= 15 is 0 Å². The predicted molar refractivity (Wildman–Crippen MR) is 141 cm³/mol. The number of benzene rings is 2. The third-order valence-electron chi connectivity index (χ3n) is 6.53. The molecule has 7 nitrogen and oxygen atoms in total. The van der Waals surface area contributed by atoms with Crippen molar-refractivity contribution in [2.75, 3.05) is 4.90 Å². The van der Waals surface area contributed by atoms with Crippen LogP contribution in [-0.2, 0) is 4.74 Å². The van der Waals surface area contributed by atoms with E-state index in [2.05, 4.69) is 45.5 Å². The molecule has 0 unspecified atom stereocenters. The van der Waals surface area contributed by atoms with E-state index in [0.717, 1.165) is 5.56 Å². The molecule has 0 N–H and O–H groups in total. The summed E-state index contributed by atoms with van der Waals surface area (Å²) in [5.74, 6) is 0.745. The molecule has 0 radical (unpaired) electrons. The molecule has 8 heteroatoms. The summed E-state index contributed by atoms with van der Waals surface area (Å²) < 4.78 is 13.3. The number of carbonyl (C=O) groups excluding carboxylic acids is 2. The van der Waals surface area contributed by atoms with Crippen molar-refractivity contribution in [3.63, 3.8) is 0 Å². The van der Waals surface area contributed by atoms with E-state index in [9.17, 15) is 9.59 Å². The second kappa shape index (κ2) is 8.08. The van der Waals surface area contributed by atoms with Gasteiger partial charge in [0.25, 0.3) is 5.91 Å². The number of aromatic nitrogens is 2. The molecular formula is C27H33N3O4Si. The molecule has 1 aliphatic heterocycles. The first-order valence-electron chi connectivity index (χ1n) is 11.7. The molecule has 3 aromatic rings. The van der Waals surface area contributed by atoms with Crippen LogP contribution in [0.3, 0.4) is 0 Å². The van der Waals surface area contributed by atoms with Crippen LogP contribution in [0.15, 0.2) is 49.0 Å². The van der Waals surface area contributed by atoms with E-state index in [1.807, 2.05) is 30.3 Å². The Kier molecular flexibility index (Phi) is 5.71. The van der Waals surface area contributed by atoms with Gasteiger partial charge in [-0.05, 0) is 57.1 Å². The maximum absolute atomic E-state index is 13.3. The van der Waals surface area contributed by atoms with Crippen molar-refractivity contribution >= 4 is 42.7 Å². The predicted octanol–water partition coefficient (Wildman–Crippen LogP) is 6.83. The highest BCUT2D eigenvalue weighted by atomic mass is 28.4. The fourth-order valence-corrected chi connectivity index (χ4v) is 4.73. The van der Waals surface area contributed by atoms with Gasteiger partial charge in [0.15, 0.2) is 5.82 Å². The van der Waals surface area contributed by atoms with Crippen LogP contribution in [0.25, 0.3) is 16.6 Å². The Labute approximate surface area is 207 Å². The molecule has 184 valence electrons. The fraction of sp³-hybridized carbons (Fsp3) is 0.370. The highest BCUT2D eigenvalue weighted by Crippen LogP contribution is 2.41. The quantitative estimate of drug-likeness (QED) is 0.375. The summed E-state index contributed by atoms with van der Waals surface area (Å²) in [6.07, 6.45) is -0.631. The molecule has 0 aliphatic carbocycles. The Morgan fingerprint density at radius 3 is 2.20 bits per heavy atom. The molecule has 0 saturated carbocycles. The van der Waals surface area contributed by atoms with Crippen molar-refractivity contribution in [3.05, 3.63) is 60.2 Å². The Hall–Kier alpha value is -3.39. The van der Waals surface area contributed by atoms with E-state index in [-0.39, 0.29) is 10.9 Å². The summed E-state index contributed by atoms with van der Waals surface area (Å²) in [7, 11) is -2.12. The van der Waals surface area contributed by atoms with Gasteiger partial charge in [-0.3, -0.25) is 9.69 Å². The normalized spacial score (nSPS) is 14.5. The first kappa shape index (κ1) is 24.7. The second-order valence-corrected chi connectivity index (χ2v) is 16.1. The number of hydrogen-bond acceptors (Lipinski definition) is 5. The fourth-order valence-electron chi connectivity index (χ4n) is 3.71. The first-order chi connectivity index (χ1) is 16.1. The number of nitrogens with zero attached hydrogens (tertiary/aromatic N) is 3. The molecule has 1 amide bonds. The molecule has 0 spiro atoms. The van der Waals surface area contributed by atoms with E-state index in [4.69, 9.17) is 9.16 Å². The summed E-state index contributed by atoms with van der Waals surface area (Å²) >= 11 is 0. The van der Waals surface area contributed by atoms with Crippen LogP contribution in [0.5, 0.6) is 5.75 Å². The number of amides is 1. The van der Waals surface area contributed by atoms with Crippen LogP contribution >= 0.6 is 0 Å². The van der Waals surface area contributed by atoms with Crippen LogP contribution < -0.4 is 9.33 Å². The van der Waals surface area contributed by atoms with Crippen molar-refractivity contribution in [2.45, 2.75) is 65.3 Å². The maximum Gasteiger partial charge on any atom is 0.435 e. The van der Waals surface area contributed by atoms with Crippen LogP contribution in [0, 0.1) is 0 Å². The van der Waals surface area contributed by atoms with E-state index < -0.39 is 20.0 Å². The third kappa shape index (κ3) is 4.38. The lowest BCUT2D eigenvalue weighted by Crippen LogP contribution is -2.43. The monoisotopic (exact) mass is 491 g/mol. The zero-order valence-electron chi connectivity index (χ0n) is 21.7. The lowest BCUT2D eigenvalue weighted by molar-refractivity contribution is 0.0522. The lowest BCUT2D eigenvalue weighted by Gasteiger charge is -2.36. The number of rotatable bonds is 3.